The first kappa shape index (κ1) is 19.8. The normalized spacial score (nSPS) is 11.4. The van der Waals surface area contributed by atoms with Gasteiger partial charge in [-0.3, -0.25) is 5.10 Å². The number of H-pyrrole nitrogens is 1. The van der Waals surface area contributed by atoms with Gasteiger partial charge in [-0.25, -0.2) is 9.97 Å². The molecule has 0 aliphatic carbocycles. The summed E-state index contributed by atoms with van der Waals surface area (Å²) in [7, 11) is 0. The maximum Gasteiger partial charge on any atom is 0.209 e. The van der Waals surface area contributed by atoms with Crippen LogP contribution in [0.2, 0.25) is 5.02 Å². The van der Waals surface area contributed by atoms with Crippen LogP contribution in [-0.2, 0) is 12.4 Å². The highest BCUT2D eigenvalue weighted by Gasteiger charge is 2.07. The summed E-state index contributed by atoms with van der Waals surface area (Å²) in [4.78, 5) is 9.04. The van der Waals surface area contributed by atoms with E-state index in [2.05, 4.69) is 20.2 Å². The van der Waals surface area contributed by atoms with E-state index in [0.717, 1.165) is 28.0 Å². The molecule has 0 bridgehead atoms. The molecule has 0 saturated carbocycles. The average molecular weight is 445 g/mol. The Bertz CT molecular complexity index is 1100. The first-order valence-corrected chi connectivity index (χ1v) is 11.0. The molecule has 0 spiro atoms. The van der Waals surface area contributed by atoms with Crippen molar-refractivity contribution in [1.29, 1.82) is 0 Å². The van der Waals surface area contributed by atoms with E-state index < -0.39 is 0 Å². The van der Waals surface area contributed by atoms with Crippen molar-refractivity contribution in [3.05, 3.63) is 74.8 Å². The van der Waals surface area contributed by atoms with Crippen LogP contribution in [0.25, 0.3) is 12.2 Å². The highest BCUT2D eigenvalue weighted by Crippen LogP contribution is 2.22. The summed E-state index contributed by atoms with van der Waals surface area (Å²) in [5.74, 6) is 3.79. The van der Waals surface area contributed by atoms with E-state index in [1.165, 1.54) is 11.8 Å². The number of aromatic nitrogens is 4. The number of hydrogen-bond acceptors (Lipinski definition) is 7. The Kier molecular flexibility index (Phi) is 6.33. The first-order valence-electron chi connectivity index (χ1n) is 8.75. The van der Waals surface area contributed by atoms with Crippen molar-refractivity contribution in [2.75, 3.05) is 0 Å². The summed E-state index contributed by atoms with van der Waals surface area (Å²) >= 11 is 8.98. The van der Waals surface area contributed by atoms with Gasteiger partial charge in [-0.15, -0.1) is 16.4 Å². The summed E-state index contributed by atoms with van der Waals surface area (Å²) in [6.07, 6.45) is 3.69. The maximum atomic E-state index is 5.88. The van der Waals surface area contributed by atoms with Gasteiger partial charge in [-0.1, -0.05) is 23.4 Å². The fourth-order valence-corrected chi connectivity index (χ4v) is 4.03. The van der Waals surface area contributed by atoms with Gasteiger partial charge in [0.1, 0.15) is 34.7 Å². The van der Waals surface area contributed by atoms with Crippen molar-refractivity contribution < 1.29 is 9.15 Å². The van der Waals surface area contributed by atoms with Crippen LogP contribution in [0.1, 0.15) is 28.0 Å². The van der Waals surface area contributed by atoms with Crippen LogP contribution in [0.3, 0.4) is 0 Å². The lowest BCUT2D eigenvalue weighted by Crippen LogP contribution is -1.95. The SMILES string of the molecule is Cc1ccc(/C=C/c2nc(SCc3csc(COc4ccc(Cl)cc4)n3)n[nH]2)o1. The number of rotatable bonds is 8. The fourth-order valence-electron chi connectivity index (χ4n) is 2.40. The predicted molar refractivity (Wildman–Crippen MR) is 116 cm³/mol. The van der Waals surface area contributed by atoms with Crippen LogP contribution in [0.15, 0.2) is 51.4 Å². The third-order valence-corrected chi connectivity index (χ3v) is 5.78. The summed E-state index contributed by atoms with van der Waals surface area (Å²) < 4.78 is 11.2. The zero-order valence-electron chi connectivity index (χ0n) is 15.5. The second-order valence-corrected chi connectivity index (χ2v) is 8.37. The summed E-state index contributed by atoms with van der Waals surface area (Å²) in [5.41, 5.74) is 0.975. The van der Waals surface area contributed by atoms with Crippen LogP contribution in [0.4, 0.5) is 0 Å². The molecule has 0 amide bonds. The fraction of sp³-hybridized carbons (Fsp3) is 0.150. The van der Waals surface area contributed by atoms with Crippen molar-refractivity contribution >= 4 is 46.9 Å². The number of ether oxygens (including phenoxy) is 1. The average Bonchev–Trinajstić information content (AvgIpc) is 3.45. The van der Waals surface area contributed by atoms with Gasteiger partial charge in [-0.2, -0.15) is 0 Å². The first-order chi connectivity index (χ1) is 14.1. The van der Waals surface area contributed by atoms with Crippen molar-refractivity contribution in [3.63, 3.8) is 0 Å². The van der Waals surface area contributed by atoms with E-state index >= 15 is 0 Å². The maximum absolute atomic E-state index is 5.88. The molecule has 4 rings (SSSR count). The predicted octanol–water partition coefficient (Wildman–Crippen LogP) is 5.86. The monoisotopic (exact) mass is 444 g/mol. The number of furan rings is 1. The molecule has 4 aromatic rings. The van der Waals surface area contributed by atoms with E-state index in [4.69, 9.17) is 20.8 Å². The number of thiazole rings is 1. The second kappa shape index (κ2) is 9.30. The molecule has 1 aromatic carbocycles. The van der Waals surface area contributed by atoms with Crippen LogP contribution in [0.5, 0.6) is 5.75 Å². The smallest absolute Gasteiger partial charge is 0.209 e. The minimum Gasteiger partial charge on any atom is -0.486 e. The molecule has 3 heterocycles. The minimum atomic E-state index is 0.429. The Morgan fingerprint density at radius 2 is 2.03 bits per heavy atom. The lowest BCUT2D eigenvalue weighted by Gasteiger charge is -2.03. The standard InChI is InChI=1S/C20H17ClN4O2S2/c1-13-2-5-17(27-13)8-9-18-23-20(25-24-18)29-12-15-11-28-19(22-15)10-26-16-6-3-14(21)4-7-16/h2-9,11H,10,12H2,1H3,(H,23,24,25)/b9-8+. The molecule has 0 unspecified atom stereocenters. The van der Waals surface area contributed by atoms with Crippen LogP contribution < -0.4 is 4.74 Å². The molecule has 0 fully saturated rings. The van der Waals surface area contributed by atoms with Gasteiger partial charge in [0.05, 0.1) is 5.69 Å². The van der Waals surface area contributed by atoms with Gasteiger partial charge >= 0.3 is 0 Å². The summed E-state index contributed by atoms with van der Waals surface area (Å²) in [6.45, 7) is 2.34. The quantitative estimate of drug-likeness (QED) is 0.343. The van der Waals surface area contributed by atoms with Gasteiger partial charge in [-0.05, 0) is 55.5 Å². The zero-order chi connectivity index (χ0) is 20.1. The molecular formula is C20H17ClN4O2S2. The highest BCUT2D eigenvalue weighted by molar-refractivity contribution is 7.98. The van der Waals surface area contributed by atoms with Crippen molar-refractivity contribution in [2.45, 2.75) is 24.4 Å². The number of benzene rings is 1. The van der Waals surface area contributed by atoms with Gasteiger partial charge < -0.3 is 9.15 Å². The number of nitrogens with one attached hydrogen (secondary N) is 1. The van der Waals surface area contributed by atoms with E-state index in [1.54, 1.807) is 23.5 Å². The third kappa shape index (κ3) is 5.72. The number of hydrogen-bond donors (Lipinski definition) is 1. The Labute approximate surface area is 181 Å². The molecule has 29 heavy (non-hydrogen) atoms. The van der Waals surface area contributed by atoms with E-state index in [0.29, 0.717) is 28.4 Å². The van der Waals surface area contributed by atoms with E-state index in [1.807, 2.05) is 48.7 Å². The lowest BCUT2D eigenvalue weighted by atomic mass is 10.3. The second-order valence-electron chi connectivity index (χ2n) is 6.05. The number of aromatic amines is 1. The molecule has 3 aromatic heterocycles. The van der Waals surface area contributed by atoms with Crippen LogP contribution in [0, 0.1) is 6.92 Å². The topological polar surface area (TPSA) is 76.8 Å². The molecule has 0 radical (unpaired) electrons. The van der Waals surface area contributed by atoms with Crippen LogP contribution >= 0.6 is 34.7 Å². The van der Waals surface area contributed by atoms with Crippen molar-refractivity contribution in [1.82, 2.24) is 20.2 Å². The Morgan fingerprint density at radius 3 is 2.83 bits per heavy atom. The Balaban J connectivity index is 1.27. The molecule has 148 valence electrons. The third-order valence-electron chi connectivity index (χ3n) is 3.77. The van der Waals surface area contributed by atoms with Gasteiger partial charge in [0, 0.05) is 16.2 Å². The highest BCUT2D eigenvalue weighted by atomic mass is 35.5. The van der Waals surface area contributed by atoms with Crippen molar-refractivity contribution in [2.24, 2.45) is 0 Å². The number of halogens is 1. The zero-order valence-corrected chi connectivity index (χ0v) is 17.9. The molecule has 6 nitrogen and oxygen atoms in total. The lowest BCUT2D eigenvalue weighted by molar-refractivity contribution is 0.305. The molecule has 0 aliphatic heterocycles. The molecule has 0 aliphatic rings. The Hall–Kier alpha value is -2.55. The molecule has 1 N–H and O–H groups in total. The molecular weight excluding hydrogens is 428 g/mol. The van der Waals surface area contributed by atoms with E-state index in [9.17, 15) is 0 Å². The molecule has 0 saturated heterocycles. The van der Waals surface area contributed by atoms with Crippen molar-refractivity contribution in [3.8, 4) is 5.75 Å². The van der Waals surface area contributed by atoms with Gasteiger partial charge in [0.2, 0.25) is 5.16 Å². The molecule has 9 heteroatoms. The largest absolute Gasteiger partial charge is 0.486 e. The summed E-state index contributed by atoms with van der Waals surface area (Å²) in [5, 5.41) is 11.4. The Morgan fingerprint density at radius 1 is 1.17 bits per heavy atom. The van der Waals surface area contributed by atoms with Crippen LogP contribution in [-0.4, -0.2) is 20.2 Å². The summed E-state index contributed by atoms with van der Waals surface area (Å²) in [6, 6.07) is 11.1. The van der Waals surface area contributed by atoms with Gasteiger partial charge in [0.25, 0.3) is 0 Å². The van der Waals surface area contributed by atoms with Gasteiger partial charge in [0.15, 0.2) is 0 Å². The number of aryl methyl sites for hydroxylation is 1. The minimum absolute atomic E-state index is 0.429. The number of nitrogens with zero attached hydrogens (tertiary/aromatic N) is 3. The number of thioether (sulfide) groups is 1. The van der Waals surface area contributed by atoms with E-state index in [-0.39, 0.29) is 0 Å². The molecule has 0 atom stereocenters.